The summed E-state index contributed by atoms with van der Waals surface area (Å²) in [6, 6.07) is 4.74. The van der Waals surface area contributed by atoms with Crippen molar-refractivity contribution in [3.8, 4) is 5.75 Å². The van der Waals surface area contributed by atoms with Gasteiger partial charge in [0.2, 0.25) is 5.91 Å². The molecule has 0 spiro atoms. The normalized spacial score (nSPS) is 22.1. The van der Waals surface area contributed by atoms with E-state index in [9.17, 15) is 27.9 Å². The number of benzene rings is 1. The number of nitrogens with one attached hydrogen (secondary N) is 1. The van der Waals surface area contributed by atoms with Gasteiger partial charge in [-0.2, -0.15) is 13.2 Å². The molecule has 0 bridgehead atoms. The van der Waals surface area contributed by atoms with Gasteiger partial charge in [-0.05, 0) is 37.5 Å². The van der Waals surface area contributed by atoms with Gasteiger partial charge in [0.1, 0.15) is 17.6 Å². The van der Waals surface area contributed by atoms with E-state index in [0.29, 0.717) is 16.9 Å². The minimum absolute atomic E-state index is 0.0761. The van der Waals surface area contributed by atoms with Crippen molar-refractivity contribution in [2.75, 3.05) is 26.1 Å². The molecule has 3 unspecified atom stereocenters. The van der Waals surface area contributed by atoms with Crippen molar-refractivity contribution in [3.05, 3.63) is 53.2 Å². The Morgan fingerprint density at radius 1 is 1.18 bits per heavy atom. The van der Waals surface area contributed by atoms with Gasteiger partial charge in [0, 0.05) is 49.9 Å². The van der Waals surface area contributed by atoms with Crippen LogP contribution in [0.2, 0.25) is 0 Å². The Labute approximate surface area is 226 Å². The van der Waals surface area contributed by atoms with Gasteiger partial charge in [-0.15, -0.1) is 0 Å². The monoisotopic (exact) mass is 548 g/mol. The van der Waals surface area contributed by atoms with E-state index >= 15 is 0 Å². The molecule has 4 rings (SSSR count). The molecule has 2 heterocycles. The Bertz CT molecular complexity index is 1180. The number of ether oxygens (including phenoxy) is 1. The molecule has 1 amide bonds. The van der Waals surface area contributed by atoms with Crippen molar-refractivity contribution in [2.24, 2.45) is 5.92 Å². The summed E-state index contributed by atoms with van der Waals surface area (Å²) in [5.41, 5.74) is 0.391. The Hall–Kier alpha value is -3.34. The summed E-state index contributed by atoms with van der Waals surface area (Å²) in [4.78, 5) is 34.2. The molecule has 212 valence electrons. The highest BCUT2D eigenvalue weighted by Gasteiger charge is 2.50. The van der Waals surface area contributed by atoms with E-state index in [1.54, 1.807) is 12.3 Å². The van der Waals surface area contributed by atoms with Crippen molar-refractivity contribution in [1.29, 1.82) is 0 Å². The fourth-order valence-electron chi connectivity index (χ4n) is 5.83. The maximum atomic E-state index is 13.9. The van der Waals surface area contributed by atoms with Crippen LogP contribution >= 0.6 is 0 Å². The van der Waals surface area contributed by atoms with Crippen molar-refractivity contribution < 1.29 is 32.6 Å². The predicted octanol–water partition coefficient (Wildman–Crippen LogP) is 4.64. The number of halogens is 3. The quantitative estimate of drug-likeness (QED) is 0.496. The first-order valence-electron chi connectivity index (χ1n) is 13.2. The molecule has 3 atom stereocenters. The number of nitrogens with zero attached hydrogens (tertiary/aromatic N) is 3. The Balaban J connectivity index is 1.71. The molecule has 1 aromatic heterocycles. The topological polar surface area (TPSA) is 95.0 Å². The summed E-state index contributed by atoms with van der Waals surface area (Å²) in [5.74, 6) is -0.801. The molecule has 8 nitrogen and oxygen atoms in total. The number of carboxylic acid groups (broad SMARTS) is 1. The number of likely N-dealkylation sites (tertiary alicyclic amines) is 1. The number of methoxy groups -OCH3 is 1. The first-order valence-corrected chi connectivity index (χ1v) is 13.2. The maximum absolute atomic E-state index is 13.9. The number of alkyl halides is 3. The van der Waals surface area contributed by atoms with Gasteiger partial charge in [-0.1, -0.05) is 31.4 Å². The van der Waals surface area contributed by atoms with E-state index in [-0.39, 0.29) is 30.5 Å². The summed E-state index contributed by atoms with van der Waals surface area (Å²) in [5, 5.41) is 13.5. The van der Waals surface area contributed by atoms with Crippen molar-refractivity contribution >= 4 is 17.7 Å². The fraction of sp³-hybridized carbons (Fsp3) is 0.536. The van der Waals surface area contributed by atoms with E-state index in [1.165, 1.54) is 18.1 Å². The van der Waals surface area contributed by atoms with Crippen molar-refractivity contribution in [2.45, 2.75) is 69.4 Å². The molecule has 1 aliphatic carbocycles. The molecule has 2 N–H and O–H groups in total. The van der Waals surface area contributed by atoms with Gasteiger partial charge in [-0.3, -0.25) is 4.79 Å². The number of pyridine rings is 1. The predicted molar refractivity (Wildman–Crippen MR) is 139 cm³/mol. The van der Waals surface area contributed by atoms with Crippen LogP contribution in [0, 0.1) is 5.92 Å². The van der Waals surface area contributed by atoms with E-state index in [4.69, 9.17) is 4.74 Å². The molecule has 39 heavy (non-hydrogen) atoms. The number of carbonyl (C=O) groups is 2. The lowest BCUT2D eigenvalue weighted by atomic mass is 9.87. The zero-order chi connectivity index (χ0) is 28.3. The van der Waals surface area contributed by atoms with Gasteiger partial charge in [0.25, 0.3) is 0 Å². The highest BCUT2D eigenvalue weighted by Crippen LogP contribution is 2.42. The standard InChI is InChI=1S/C28H35F3N4O4/c1-34(2)25-20(10-7-13-32-25)24-21(33-16-18-11-12-19(28(29,30)31)14-23(18)39-3)15-22(27(37)38)35(24)26(36)17-8-5-4-6-9-17/h7,10-14,17,21-22,24,33H,4-6,8-9,15-16H2,1-3H3,(H,37,38). The van der Waals surface area contributed by atoms with Crippen LogP contribution in [0.1, 0.15) is 61.3 Å². The third-order valence-electron chi connectivity index (χ3n) is 7.72. The van der Waals surface area contributed by atoms with Gasteiger partial charge in [0.15, 0.2) is 0 Å². The number of carbonyl (C=O) groups excluding carboxylic acids is 1. The minimum atomic E-state index is -4.51. The summed E-state index contributed by atoms with van der Waals surface area (Å²) in [7, 11) is 4.97. The molecule has 2 fully saturated rings. The summed E-state index contributed by atoms with van der Waals surface area (Å²) >= 11 is 0. The van der Waals surface area contributed by atoms with Crippen LogP contribution in [-0.4, -0.2) is 60.2 Å². The minimum Gasteiger partial charge on any atom is -0.496 e. The molecule has 1 aliphatic heterocycles. The Morgan fingerprint density at radius 2 is 1.90 bits per heavy atom. The maximum Gasteiger partial charge on any atom is 0.416 e. The SMILES string of the molecule is COc1cc(C(F)(F)F)ccc1CNC1CC(C(=O)O)N(C(=O)C2CCCCC2)C1c1cccnc1N(C)C. The lowest BCUT2D eigenvalue weighted by molar-refractivity contribution is -0.152. The average Bonchev–Trinajstić information content (AvgIpc) is 3.31. The lowest BCUT2D eigenvalue weighted by Crippen LogP contribution is -2.46. The summed E-state index contributed by atoms with van der Waals surface area (Å²) < 4.78 is 44.9. The van der Waals surface area contributed by atoms with E-state index in [0.717, 1.165) is 44.2 Å². The van der Waals surface area contributed by atoms with Crippen LogP contribution in [0.3, 0.4) is 0 Å². The molecule has 0 radical (unpaired) electrons. The number of aliphatic carboxylic acids is 1. The van der Waals surface area contributed by atoms with Crippen molar-refractivity contribution in [3.63, 3.8) is 0 Å². The fourth-order valence-corrected chi connectivity index (χ4v) is 5.83. The highest BCUT2D eigenvalue weighted by molar-refractivity contribution is 5.87. The van der Waals surface area contributed by atoms with Crippen LogP contribution in [0.4, 0.5) is 19.0 Å². The molecular weight excluding hydrogens is 513 g/mol. The highest BCUT2D eigenvalue weighted by atomic mass is 19.4. The van der Waals surface area contributed by atoms with Gasteiger partial charge in [-0.25, -0.2) is 9.78 Å². The van der Waals surface area contributed by atoms with Crippen molar-refractivity contribution in [1.82, 2.24) is 15.2 Å². The number of hydrogen-bond acceptors (Lipinski definition) is 6. The third kappa shape index (κ3) is 6.13. The smallest absolute Gasteiger partial charge is 0.416 e. The number of amides is 1. The first-order chi connectivity index (χ1) is 18.5. The van der Waals surface area contributed by atoms with E-state index in [1.807, 2.05) is 25.1 Å². The number of rotatable bonds is 8. The van der Waals surface area contributed by atoms with Crippen LogP contribution in [0.5, 0.6) is 5.75 Å². The number of hydrogen-bond donors (Lipinski definition) is 2. The molecule has 1 saturated carbocycles. The second-order valence-electron chi connectivity index (χ2n) is 10.4. The van der Waals surface area contributed by atoms with E-state index < -0.39 is 35.8 Å². The summed E-state index contributed by atoms with van der Waals surface area (Å²) in [6.45, 7) is 0.123. The van der Waals surface area contributed by atoms with Gasteiger partial charge >= 0.3 is 12.1 Å². The van der Waals surface area contributed by atoms with Crippen LogP contribution in [0.25, 0.3) is 0 Å². The zero-order valence-corrected chi connectivity index (χ0v) is 22.4. The molecular formula is C28H35F3N4O4. The number of aromatic nitrogens is 1. The largest absolute Gasteiger partial charge is 0.496 e. The Morgan fingerprint density at radius 3 is 2.51 bits per heavy atom. The number of anilines is 1. The van der Waals surface area contributed by atoms with Crippen LogP contribution < -0.4 is 15.0 Å². The average molecular weight is 549 g/mol. The molecule has 1 saturated heterocycles. The zero-order valence-electron chi connectivity index (χ0n) is 22.4. The second kappa shape index (κ2) is 11.8. The van der Waals surface area contributed by atoms with Crippen LogP contribution in [0.15, 0.2) is 36.5 Å². The molecule has 1 aromatic carbocycles. The molecule has 2 aliphatic rings. The Kier molecular flexibility index (Phi) is 8.68. The second-order valence-corrected chi connectivity index (χ2v) is 10.4. The lowest BCUT2D eigenvalue weighted by Gasteiger charge is -2.36. The summed E-state index contributed by atoms with van der Waals surface area (Å²) in [6.07, 6.45) is 1.64. The van der Waals surface area contributed by atoms with Gasteiger partial charge in [0.05, 0.1) is 18.7 Å². The van der Waals surface area contributed by atoms with E-state index in [2.05, 4.69) is 10.3 Å². The third-order valence-corrected chi connectivity index (χ3v) is 7.72. The van der Waals surface area contributed by atoms with Crippen LogP contribution in [-0.2, 0) is 22.3 Å². The van der Waals surface area contributed by atoms with Gasteiger partial charge < -0.3 is 25.0 Å². The first kappa shape index (κ1) is 28.7. The number of carboxylic acids is 1. The molecule has 11 heteroatoms. The molecule has 2 aromatic rings.